The highest BCUT2D eigenvalue weighted by Gasteiger charge is 2.24. The van der Waals surface area contributed by atoms with Crippen LogP contribution in [-0.2, 0) is 10.8 Å². The van der Waals surface area contributed by atoms with Crippen LogP contribution in [0.2, 0.25) is 0 Å². The third kappa shape index (κ3) is 4.18. The van der Waals surface area contributed by atoms with Crippen molar-refractivity contribution >= 4 is 26.7 Å². The van der Waals surface area contributed by atoms with Gasteiger partial charge in [0.2, 0.25) is 0 Å². The largest absolute Gasteiger partial charge is 0.316 e. The molecule has 0 aliphatic carbocycles. The molecule has 0 saturated carbocycles. The molecule has 1 aromatic carbocycles. The predicted molar refractivity (Wildman–Crippen MR) is 82.4 cm³/mol. The normalized spacial score (nSPS) is 16.2. The summed E-state index contributed by atoms with van der Waals surface area (Å²) in [7, 11) is 1.00. The molecule has 3 atom stereocenters. The van der Waals surface area contributed by atoms with Crippen molar-refractivity contribution in [3.63, 3.8) is 0 Å². The monoisotopic (exact) mass is 331 g/mol. The van der Waals surface area contributed by atoms with Crippen LogP contribution in [-0.4, -0.2) is 22.5 Å². The van der Waals surface area contributed by atoms with Crippen LogP contribution in [0.5, 0.6) is 0 Å². The van der Waals surface area contributed by atoms with Crippen molar-refractivity contribution in [1.82, 2.24) is 5.32 Å². The van der Waals surface area contributed by atoms with Crippen molar-refractivity contribution in [2.45, 2.75) is 49.3 Å². The SMILES string of the molecule is CCCC(NC)C(CC)S(=O)c1cccc(Br)c1. The van der Waals surface area contributed by atoms with E-state index in [1.807, 2.05) is 31.3 Å². The molecular formula is C14H22BrNOS. The lowest BCUT2D eigenvalue weighted by atomic mass is 10.1. The first-order chi connectivity index (χ1) is 8.63. The lowest BCUT2D eigenvalue weighted by Gasteiger charge is -2.25. The van der Waals surface area contributed by atoms with E-state index in [4.69, 9.17) is 0 Å². The zero-order chi connectivity index (χ0) is 13.5. The summed E-state index contributed by atoms with van der Waals surface area (Å²) in [6.45, 7) is 4.28. The Morgan fingerprint density at radius 2 is 2.11 bits per heavy atom. The molecule has 1 aromatic rings. The number of hydrogen-bond acceptors (Lipinski definition) is 2. The van der Waals surface area contributed by atoms with Gasteiger partial charge in [0.05, 0.1) is 16.0 Å². The van der Waals surface area contributed by atoms with E-state index in [1.54, 1.807) is 0 Å². The van der Waals surface area contributed by atoms with Crippen molar-refractivity contribution < 1.29 is 4.21 Å². The van der Waals surface area contributed by atoms with Crippen molar-refractivity contribution in [3.05, 3.63) is 28.7 Å². The second kappa shape index (κ2) is 8.08. The molecule has 0 aromatic heterocycles. The highest BCUT2D eigenvalue weighted by Crippen LogP contribution is 2.21. The predicted octanol–water partition coefficient (Wildman–Crippen LogP) is 3.72. The number of nitrogens with one attached hydrogen (secondary N) is 1. The molecule has 0 radical (unpaired) electrons. The van der Waals surface area contributed by atoms with E-state index in [0.717, 1.165) is 28.6 Å². The van der Waals surface area contributed by atoms with Crippen molar-refractivity contribution in [2.75, 3.05) is 7.05 Å². The van der Waals surface area contributed by atoms with E-state index in [-0.39, 0.29) is 5.25 Å². The maximum absolute atomic E-state index is 12.7. The van der Waals surface area contributed by atoms with Crippen LogP contribution in [0, 0.1) is 0 Å². The van der Waals surface area contributed by atoms with E-state index in [0.29, 0.717) is 6.04 Å². The summed E-state index contributed by atoms with van der Waals surface area (Å²) in [6.07, 6.45) is 3.09. The molecule has 18 heavy (non-hydrogen) atoms. The average molecular weight is 332 g/mol. The molecule has 3 unspecified atom stereocenters. The van der Waals surface area contributed by atoms with Gasteiger partial charge in [-0.1, -0.05) is 42.3 Å². The number of hydrogen-bond donors (Lipinski definition) is 1. The van der Waals surface area contributed by atoms with E-state index >= 15 is 0 Å². The second-order valence-electron chi connectivity index (χ2n) is 4.39. The third-order valence-electron chi connectivity index (χ3n) is 3.12. The maximum atomic E-state index is 12.7. The molecule has 0 aliphatic heterocycles. The highest BCUT2D eigenvalue weighted by molar-refractivity contribution is 9.10. The Morgan fingerprint density at radius 3 is 2.61 bits per heavy atom. The second-order valence-corrected chi connectivity index (χ2v) is 6.97. The van der Waals surface area contributed by atoms with Crippen molar-refractivity contribution in [3.8, 4) is 0 Å². The van der Waals surface area contributed by atoms with Crippen molar-refractivity contribution in [2.24, 2.45) is 0 Å². The molecule has 1 rings (SSSR count). The fourth-order valence-electron chi connectivity index (χ4n) is 2.18. The third-order valence-corrected chi connectivity index (χ3v) is 5.55. The van der Waals surface area contributed by atoms with Crippen LogP contribution in [0.15, 0.2) is 33.6 Å². The lowest BCUT2D eigenvalue weighted by molar-refractivity contribution is 0.481. The van der Waals surface area contributed by atoms with Gasteiger partial charge in [-0.25, -0.2) is 0 Å². The Labute approximate surface area is 121 Å². The van der Waals surface area contributed by atoms with Crippen LogP contribution in [0.25, 0.3) is 0 Å². The summed E-state index contributed by atoms with van der Waals surface area (Å²) >= 11 is 3.44. The van der Waals surface area contributed by atoms with Crippen LogP contribution >= 0.6 is 15.9 Å². The molecule has 102 valence electrons. The summed E-state index contributed by atoms with van der Waals surface area (Å²) in [6, 6.07) is 8.13. The summed E-state index contributed by atoms with van der Waals surface area (Å²) in [5.74, 6) is 0. The molecule has 0 aliphatic rings. The molecular weight excluding hydrogens is 310 g/mol. The first kappa shape index (κ1) is 15.9. The van der Waals surface area contributed by atoms with E-state index in [9.17, 15) is 4.21 Å². The fourth-order valence-corrected chi connectivity index (χ4v) is 4.41. The molecule has 0 amide bonds. The van der Waals surface area contributed by atoms with Gasteiger partial charge in [0.1, 0.15) is 0 Å². The fraction of sp³-hybridized carbons (Fsp3) is 0.571. The molecule has 0 fully saturated rings. The van der Waals surface area contributed by atoms with Gasteiger partial charge in [-0.05, 0) is 38.1 Å². The Balaban J connectivity index is 2.90. The number of benzene rings is 1. The first-order valence-corrected chi connectivity index (χ1v) is 8.48. The first-order valence-electron chi connectivity index (χ1n) is 6.47. The zero-order valence-corrected chi connectivity index (χ0v) is 13.7. The van der Waals surface area contributed by atoms with E-state index in [1.165, 1.54) is 0 Å². The zero-order valence-electron chi connectivity index (χ0n) is 11.3. The Bertz CT molecular complexity index is 397. The van der Waals surface area contributed by atoms with Crippen LogP contribution in [0.3, 0.4) is 0 Å². The van der Waals surface area contributed by atoms with E-state index < -0.39 is 10.8 Å². The molecule has 4 heteroatoms. The lowest BCUT2D eigenvalue weighted by Crippen LogP contribution is -2.39. The van der Waals surface area contributed by atoms with Crippen molar-refractivity contribution in [1.29, 1.82) is 0 Å². The van der Waals surface area contributed by atoms with Gasteiger partial charge in [0.25, 0.3) is 0 Å². The quantitative estimate of drug-likeness (QED) is 0.824. The molecule has 0 heterocycles. The van der Waals surface area contributed by atoms with Crippen LogP contribution in [0.4, 0.5) is 0 Å². The summed E-state index contributed by atoms with van der Waals surface area (Å²) < 4.78 is 13.6. The van der Waals surface area contributed by atoms with Crippen LogP contribution in [0.1, 0.15) is 33.1 Å². The van der Waals surface area contributed by atoms with Gasteiger partial charge < -0.3 is 5.32 Å². The Kier molecular flexibility index (Phi) is 7.12. The number of halogens is 1. The van der Waals surface area contributed by atoms with Gasteiger partial charge >= 0.3 is 0 Å². The minimum absolute atomic E-state index is 0.171. The maximum Gasteiger partial charge on any atom is 0.0576 e. The van der Waals surface area contributed by atoms with Gasteiger partial charge in [-0.15, -0.1) is 0 Å². The highest BCUT2D eigenvalue weighted by atomic mass is 79.9. The molecule has 0 spiro atoms. The molecule has 0 bridgehead atoms. The summed E-state index contributed by atoms with van der Waals surface area (Å²) in [4.78, 5) is 0.910. The number of rotatable bonds is 7. The Morgan fingerprint density at radius 1 is 1.39 bits per heavy atom. The molecule has 0 saturated heterocycles. The molecule has 2 nitrogen and oxygen atoms in total. The smallest absolute Gasteiger partial charge is 0.0576 e. The van der Waals surface area contributed by atoms with E-state index in [2.05, 4.69) is 35.1 Å². The van der Waals surface area contributed by atoms with Gasteiger partial charge in [0, 0.05) is 15.4 Å². The average Bonchev–Trinajstić information content (AvgIpc) is 2.38. The minimum atomic E-state index is -0.955. The van der Waals surface area contributed by atoms with Gasteiger partial charge in [0.15, 0.2) is 0 Å². The summed E-state index contributed by atoms with van der Waals surface area (Å²) in [5.41, 5.74) is 0. The summed E-state index contributed by atoms with van der Waals surface area (Å²) in [5, 5.41) is 3.49. The molecule has 1 N–H and O–H groups in total. The Hall–Kier alpha value is -0.190. The minimum Gasteiger partial charge on any atom is -0.316 e. The van der Waals surface area contributed by atoms with Gasteiger partial charge in [-0.2, -0.15) is 0 Å². The standard InChI is InChI=1S/C14H22BrNOS/c1-4-7-13(16-3)14(5-2)18(17)12-9-6-8-11(15)10-12/h6,8-10,13-14,16H,4-5,7H2,1-3H3. The topological polar surface area (TPSA) is 29.1 Å². The van der Waals surface area contributed by atoms with Gasteiger partial charge in [-0.3, -0.25) is 4.21 Å². The van der Waals surface area contributed by atoms with Crippen LogP contribution < -0.4 is 5.32 Å².